The van der Waals surface area contributed by atoms with Gasteiger partial charge in [-0.25, -0.2) is 4.98 Å². The van der Waals surface area contributed by atoms with E-state index in [-0.39, 0.29) is 5.56 Å². The summed E-state index contributed by atoms with van der Waals surface area (Å²) in [4.78, 5) is 19.4. The smallest absolute Gasteiger partial charge is 0.255 e. The summed E-state index contributed by atoms with van der Waals surface area (Å²) < 4.78 is 5.08. The molecule has 21 heavy (non-hydrogen) atoms. The van der Waals surface area contributed by atoms with Crippen LogP contribution in [0.3, 0.4) is 0 Å². The number of hydrogen-bond donors (Lipinski definition) is 2. The van der Waals surface area contributed by atoms with E-state index in [4.69, 9.17) is 4.74 Å². The first kappa shape index (κ1) is 13.8. The predicted molar refractivity (Wildman–Crippen MR) is 81.9 cm³/mol. The molecule has 0 amide bonds. The molecule has 0 unspecified atom stereocenters. The van der Waals surface area contributed by atoms with E-state index in [1.54, 1.807) is 7.11 Å². The largest absolute Gasteiger partial charge is 0.380 e. The van der Waals surface area contributed by atoms with Gasteiger partial charge in [0.15, 0.2) is 0 Å². The summed E-state index contributed by atoms with van der Waals surface area (Å²) in [7, 11) is 1.67. The number of hydrogen-bond acceptors (Lipinski definition) is 4. The number of aromatic nitrogens is 2. The number of methoxy groups -OCH3 is 1. The van der Waals surface area contributed by atoms with Crippen LogP contribution < -0.4 is 10.9 Å². The maximum absolute atomic E-state index is 12.1. The number of nitrogens with one attached hydrogen (secondary N) is 2. The van der Waals surface area contributed by atoms with Gasteiger partial charge in [-0.3, -0.25) is 9.78 Å². The normalized spacial score (nSPS) is 13.8. The zero-order chi connectivity index (χ0) is 14.7. The Morgan fingerprint density at radius 1 is 1.24 bits per heavy atom. The molecule has 0 saturated carbocycles. The summed E-state index contributed by atoms with van der Waals surface area (Å²) in [6, 6.07) is 7.88. The van der Waals surface area contributed by atoms with Crippen LogP contribution in [0.15, 0.2) is 29.1 Å². The molecule has 1 aliphatic carbocycles. The standard InChI is InChI=1S/C16H19N3O2/c1-21-10-11-6-8-12(9-7-11)17-16-18-14-5-3-2-4-13(14)15(20)19-16/h6-9H,2-5,10H2,1H3,(H2,17,18,19,20). The molecule has 2 N–H and O–H groups in total. The molecule has 0 radical (unpaired) electrons. The van der Waals surface area contributed by atoms with Crippen molar-refractivity contribution in [2.75, 3.05) is 12.4 Å². The van der Waals surface area contributed by atoms with Gasteiger partial charge in [-0.15, -0.1) is 0 Å². The van der Waals surface area contributed by atoms with E-state index in [0.29, 0.717) is 12.6 Å². The van der Waals surface area contributed by atoms with Gasteiger partial charge in [-0.2, -0.15) is 0 Å². The quantitative estimate of drug-likeness (QED) is 0.906. The van der Waals surface area contributed by atoms with Gasteiger partial charge in [0.1, 0.15) is 0 Å². The van der Waals surface area contributed by atoms with Crippen LogP contribution >= 0.6 is 0 Å². The summed E-state index contributed by atoms with van der Waals surface area (Å²) in [6.45, 7) is 0.591. The van der Waals surface area contributed by atoms with Crippen LogP contribution in [0, 0.1) is 0 Å². The van der Waals surface area contributed by atoms with Crippen molar-refractivity contribution < 1.29 is 4.74 Å². The Kier molecular flexibility index (Phi) is 4.01. The lowest BCUT2D eigenvalue weighted by Crippen LogP contribution is -2.22. The van der Waals surface area contributed by atoms with Crippen molar-refractivity contribution in [3.05, 3.63) is 51.4 Å². The number of ether oxygens (including phenoxy) is 1. The van der Waals surface area contributed by atoms with Crippen LogP contribution in [0.25, 0.3) is 0 Å². The SMILES string of the molecule is COCc1ccc(Nc2nc3c(c(=O)[nH]2)CCCC3)cc1. The molecule has 1 aromatic heterocycles. The Balaban J connectivity index is 1.81. The van der Waals surface area contributed by atoms with Crippen LogP contribution in [-0.4, -0.2) is 17.1 Å². The highest BCUT2D eigenvalue weighted by Gasteiger charge is 2.15. The predicted octanol–water partition coefficient (Wildman–Crippen LogP) is 2.54. The van der Waals surface area contributed by atoms with Crippen LogP contribution in [0.5, 0.6) is 0 Å². The lowest BCUT2D eigenvalue weighted by atomic mass is 9.97. The summed E-state index contributed by atoms with van der Waals surface area (Å²) >= 11 is 0. The highest BCUT2D eigenvalue weighted by Crippen LogP contribution is 2.19. The van der Waals surface area contributed by atoms with E-state index in [2.05, 4.69) is 15.3 Å². The van der Waals surface area contributed by atoms with E-state index < -0.39 is 0 Å². The minimum absolute atomic E-state index is 0.0156. The number of aryl methyl sites for hydroxylation is 1. The molecule has 110 valence electrons. The van der Waals surface area contributed by atoms with E-state index in [0.717, 1.165) is 48.2 Å². The molecular weight excluding hydrogens is 266 g/mol. The van der Waals surface area contributed by atoms with Crippen LogP contribution in [-0.2, 0) is 24.2 Å². The van der Waals surface area contributed by atoms with Gasteiger partial charge >= 0.3 is 0 Å². The Labute approximate surface area is 123 Å². The second-order valence-electron chi connectivity index (χ2n) is 5.30. The lowest BCUT2D eigenvalue weighted by Gasteiger charge is -2.15. The third-order valence-corrected chi connectivity index (χ3v) is 3.72. The monoisotopic (exact) mass is 285 g/mol. The van der Waals surface area contributed by atoms with Gasteiger partial charge in [0.25, 0.3) is 5.56 Å². The van der Waals surface area contributed by atoms with Gasteiger partial charge in [0.05, 0.1) is 12.3 Å². The summed E-state index contributed by atoms with van der Waals surface area (Å²) in [5, 5.41) is 3.16. The topological polar surface area (TPSA) is 67.0 Å². The highest BCUT2D eigenvalue weighted by atomic mass is 16.5. The Morgan fingerprint density at radius 3 is 2.76 bits per heavy atom. The van der Waals surface area contributed by atoms with Crippen LogP contribution in [0.1, 0.15) is 29.7 Å². The van der Waals surface area contributed by atoms with Crippen molar-refractivity contribution >= 4 is 11.6 Å². The summed E-state index contributed by atoms with van der Waals surface area (Å²) in [5.74, 6) is 0.514. The molecule has 0 atom stereocenters. The van der Waals surface area contributed by atoms with E-state index >= 15 is 0 Å². The van der Waals surface area contributed by atoms with Crippen molar-refractivity contribution in [1.82, 2.24) is 9.97 Å². The number of nitrogens with zero attached hydrogens (tertiary/aromatic N) is 1. The molecule has 3 rings (SSSR count). The maximum Gasteiger partial charge on any atom is 0.255 e. The van der Waals surface area contributed by atoms with Gasteiger partial charge < -0.3 is 10.1 Å². The molecule has 1 aliphatic rings. The molecular formula is C16H19N3O2. The third kappa shape index (κ3) is 3.13. The molecule has 0 spiro atoms. The minimum Gasteiger partial charge on any atom is -0.380 e. The number of rotatable bonds is 4. The second-order valence-corrected chi connectivity index (χ2v) is 5.30. The fourth-order valence-corrected chi connectivity index (χ4v) is 2.65. The first-order valence-electron chi connectivity index (χ1n) is 7.23. The van der Waals surface area contributed by atoms with Gasteiger partial charge in [0.2, 0.25) is 5.95 Å². The van der Waals surface area contributed by atoms with Crippen molar-refractivity contribution in [2.24, 2.45) is 0 Å². The number of anilines is 2. The van der Waals surface area contributed by atoms with Crippen LogP contribution in [0.4, 0.5) is 11.6 Å². The molecule has 2 aromatic rings. The fraction of sp³-hybridized carbons (Fsp3) is 0.375. The highest BCUT2D eigenvalue weighted by molar-refractivity contribution is 5.53. The molecule has 5 heteroatoms. The van der Waals surface area contributed by atoms with E-state index in [9.17, 15) is 4.79 Å². The first-order valence-corrected chi connectivity index (χ1v) is 7.23. The number of H-pyrrole nitrogens is 1. The van der Waals surface area contributed by atoms with Gasteiger partial charge in [-0.1, -0.05) is 12.1 Å². The van der Waals surface area contributed by atoms with Crippen molar-refractivity contribution in [3.63, 3.8) is 0 Å². The molecule has 0 saturated heterocycles. The Morgan fingerprint density at radius 2 is 2.00 bits per heavy atom. The molecule has 1 heterocycles. The zero-order valence-electron chi connectivity index (χ0n) is 12.1. The first-order chi connectivity index (χ1) is 10.3. The number of aromatic amines is 1. The number of benzene rings is 1. The summed E-state index contributed by atoms with van der Waals surface area (Å²) in [6.07, 6.45) is 3.91. The van der Waals surface area contributed by atoms with Crippen molar-refractivity contribution in [3.8, 4) is 0 Å². The third-order valence-electron chi connectivity index (χ3n) is 3.72. The molecule has 0 fully saturated rings. The molecule has 1 aromatic carbocycles. The van der Waals surface area contributed by atoms with Crippen molar-refractivity contribution in [1.29, 1.82) is 0 Å². The fourth-order valence-electron chi connectivity index (χ4n) is 2.65. The molecule has 0 aliphatic heterocycles. The minimum atomic E-state index is -0.0156. The molecule has 5 nitrogen and oxygen atoms in total. The lowest BCUT2D eigenvalue weighted by molar-refractivity contribution is 0.185. The maximum atomic E-state index is 12.1. The number of fused-ring (bicyclic) bond motifs is 1. The Hall–Kier alpha value is -2.14. The van der Waals surface area contributed by atoms with Gasteiger partial charge in [-0.05, 0) is 43.4 Å². The average molecular weight is 285 g/mol. The van der Waals surface area contributed by atoms with Crippen molar-refractivity contribution in [2.45, 2.75) is 32.3 Å². The van der Waals surface area contributed by atoms with Crippen LogP contribution in [0.2, 0.25) is 0 Å². The Bertz CT molecular complexity index is 677. The average Bonchev–Trinajstić information content (AvgIpc) is 2.50. The van der Waals surface area contributed by atoms with E-state index in [1.165, 1.54) is 0 Å². The van der Waals surface area contributed by atoms with Gasteiger partial charge in [0, 0.05) is 18.4 Å². The molecule has 0 bridgehead atoms. The second kappa shape index (κ2) is 6.10. The van der Waals surface area contributed by atoms with E-state index in [1.807, 2.05) is 24.3 Å². The zero-order valence-corrected chi connectivity index (χ0v) is 12.1. The summed E-state index contributed by atoms with van der Waals surface area (Å²) in [5.41, 5.74) is 3.77.